The van der Waals surface area contributed by atoms with Crippen LogP contribution in [0, 0.1) is 0 Å². The maximum Gasteiger partial charge on any atom is 0.338 e. The third-order valence-corrected chi connectivity index (χ3v) is 3.30. The Bertz CT molecular complexity index is 656. The predicted octanol–water partition coefficient (Wildman–Crippen LogP) is 2.61. The standard InChI is InChI=1S/C16H18N2O3/c1-18(12-6-4-7-13(9-12)21-2)10-11-5-3-8-14(17)15(11)16(19)20/h3-9H,10,17H2,1-2H3,(H,19,20). The number of aromatic carboxylic acids is 1. The number of anilines is 2. The van der Waals surface area contributed by atoms with E-state index in [2.05, 4.69) is 0 Å². The number of carboxylic acid groups (broad SMARTS) is 1. The van der Waals surface area contributed by atoms with E-state index < -0.39 is 5.97 Å². The second-order valence-corrected chi connectivity index (χ2v) is 4.74. The Hall–Kier alpha value is -2.69. The van der Waals surface area contributed by atoms with Gasteiger partial charge in [0, 0.05) is 31.0 Å². The van der Waals surface area contributed by atoms with Crippen LogP contribution in [0.15, 0.2) is 42.5 Å². The summed E-state index contributed by atoms with van der Waals surface area (Å²) in [6.07, 6.45) is 0. The Labute approximate surface area is 123 Å². The summed E-state index contributed by atoms with van der Waals surface area (Å²) >= 11 is 0. The molecule has 0 spiro atoms. The van der Waals surface area contributed by atoms with Crippen molar-refractivity contribution < 1.29 is 14.6 Å². The molecule has 2 rings (SSSR count). The van der Waals surface area contributed by atoms with Crippen LogP contribution in [-0.2, 0) is 6.54 Å². The van der Waals surface area contributed by atoms with Gasteiger partial charge in [0.05, 0.1) is 12.7 Å². The summed E-state index contributed by atoms with van der Waals surface area (Å²) in [5.74, 6) is -0.257. The number of carboxylic acids is 1. The molecular formula is C16H18N2O3. The summed E-state index contributed by atoms with van der Waals surface area (Å²) < 4.78 is 5.20. The topological polar surface area (TPSA) is 75.8 Å². The molecule has 0 unspecified atom stereocenters. The van der Waals surface area contributed by atoms with Gasteiger partial charge in [-0.1, -0.05) is 18.2 Å². The van der Waals surface area contributed by atoms with E-state index in [4.69, 9.17) is 10.5 Å². The lowest BCUT2D eigenvalue weighted by Crippen LogP contribution is -2.19. The van der Waals surface area contributed by atoms with E-state index in [0.717, 1.165) is 11.4 Å². The van der Waals surface area contributed by atoms with Gasteiger partial charge < -0.3 is 20.5 Å². The maximum atomic E-state index is 11.3. The second-order valence-electron chi connectivity index (χ2n) is 4.74. The van der Waals surface area contributed by atoms with Crippen molar-refractivity contribution in [3.05, 3.63) is 53.6 Å². The molecule has 110 valence electrons. The fraction of sp³-hybridized carbons (Fsp3) is 0.188. The summed E-state index contributed by atoms with van der Waals surface area (Å²) in [7, 11) is 3.50. The molecule has 0 heterocycles. The van der Waals surface area contributed by atoms with Crippen LogP contribution in [0.2, 0.25) is 0 Å². The zero-order chi connectivity index (χ0) is 15.4. The third kappa shape index (κ3) is 3.25. The minimum absolute atomic E-state index is 0.159. The first-order valence-electron chi connectivity index (χ1n) is 6.48. The van der Waals surface area contributed by atoms with Crippen LogP contribution in [0.5, 0.6) is 5.75 Å². The van der Waals surface area contributed by atoms with Crippen LogP contribution in [0.3, 0.4) is 0 Å². The average molecular weight is 286 g/mol. The smallest absolute Gasteiger partial charge is 0.338 e. The third-order valence-electron chi connectivity index (χ3n) is 3.30. The highest BCUT2D eigenvalue weighted by Gasteiger charge is 2.15. The highest BCUT2D eigenvalue weighted by Crippen LogP contribution is 2.24. The quantitative estimate of drug-likeness (QED) is 0.826. The van der Waals surface area contributed by atoms with E-state index in [1.165, 1.54) is 0 Å². The molecule has 0 aromatic heterocycles. The van der Waals surface area contributed by atoms with Crippen LogP contribution < -0.4 is 15.4 Å². The first kappa shape index (κ1) is 14.7. The van der Waals surface area contributed by atoms with E-state index >= 15 is 0 Å². The lowest BCUT2D eigenvalue weighted by Gasteiger charge is -2.21. The maximum absolute atomic E-state index is 11.3. The highest BCUT2D eigenvalue weighted by atomic mass is 16.5. The molecule has 0 bridgehead atoms. The van der Waals surface area contributed by atoms with Crippen LogP contribution in [0.4, 0.5) is 11.4 Å². The molecule has 0 atom stereocenters. The highest BCUT2D eigenvalue weighted by molar-refractivity contribution is 5.95. The number of benzene rings is 2. The van der Waals surface area contributed by atoms with Crippen molar-refractivity contribution >= 4 is 17.3 Å². The molecule has 2 aromatic carbocycles. The van der Waals surface area contributed by atoms with Crippen molar-refractivity contribution in [2.24, 2.45) is 0 Å². The van der Waals surface area contributed by atoms with Crippen molar-refractivity contribution in [1.82, 2.24) is 0 Å². The average Bonchev–Trinajstić information content (AvgIpc) is 2.47. The molecule has 0 fully saturated rings. The summed E-state index contributed by atoms with van der Waals surface area (Å²) in [5.41, 5.74) is 7.81. The fourth-order valence-corrected chi connectivity index (χ4v) is 2.21. The summed E-state index contributed by atoms with van der Waals surface area (Å²) in [6, 6.07) is 12.7. The number of ether oxygens (including phenoxy) is 1. The fourth-order valence-electron chi connectivity index (χ4n) is 2.21. The molecule has 3 N–H and O–H groups in total. The van der Waals surface area contributed by atoms with Gasteiger partial charge in [-0.3, -0.25) is 0 Å². The number of nitrogen functional groups attached to an aromatic ring is 1. The van der Waals surface area contributed by atoms with Gasteiger partial charge in [-0.05, 0) is 23.8 Å². The second kappa shape index (κ2) is 6.17. The molecule has 0 aliphatic rings. The Morgan fingerprint density at radius 1 is 1.29 bits per heavy atom. The van der Waals surface area contributed by atoms with Crippen LogP contribution in [0.1, 0.15) is 15.9 Å². The number of rotatable bonds is 5. The van der Waals surface area contributed by atoms with Crippen LogP contribution in [0.25, 0.3) is 0 Å². The minimum atomic E-state index is -1.01. The van der Waals surface area contributed by atoms with Gasteiger partial charge in [0.25, 0.3) is 0 Å². The summed E-state index contributed by atoms with van der Waals surface area (Å²) in [4.78, 5) is 13.3. The van der Waals surface area contributed by atoms with Gasteiger partial charge >= 0.3 is 5.97 Å². The molecule has 5 heteroatoms. The van der Waals surface area contributed by atoms with Crippen molar-refractivity contribution in [3.63, 3.8) is 0 Å². The lowest BCUT2D eigenvalue weighted by atomic mass is 10.0. The van der Waals surface area contributed by atoms with Crippen molar-refractivity contribution in [3.8, 4) is 5.75 Å². The van der Waals surface area contributed by atoms with Gasteiger partial charge in [-0.15, -0.1) is 0 Å². The molecule has 21 heavy (non-hydrogen) atoms. The largest absolute Gasteiger partial charge is 0.497 e. The number of nitrogens with two attached hydrogens (primary N) is 1. The van der Waals surface area contributed by atoms with Crippen molar-refractivity contribution in [1.29, 1.82) is 0 Å². The Balaban J connectivity index is 2.29. The molecule has 0 saturated heterocycles. The SMILES string of the molecule is COc1cccc(N(C)Cc2cccc(N)c2C(=O)O)c1. The molecule has 0 aliphatic heterocycles. The van der Waals surface area contributed by atoms with Gasteiger partial charge in [-0.2, -0.15) is 0 Å². The van der Waals surface area contributed by atoms with Gasteiger partial charge in [-0.25, -0.2) is 4.79 Å². The first-order valence-corrected chi connectivity index (χ1v) is 6.48. The Morgan fingerprint density at radius 3 is 2.67 bits per heavy atom. The molecule has 2 aromatic rings. The zero-order valence-electron chi connectivity index (χ0n) is 12.0. The Morgan fingerprint density at radius 2 is 2.00 bits per heavy atom. The Kier molecular flexibility index (Phi) is 4.33. The van der Waals surface area contributed by atoms with Crippen molar-refractivity contribution in [2.45, 2.75) is 6.54 Å². The molecule has 0 radical (unpaired) electrons. The van der Waals surface area contributed by atoms with E-state index in [9.17, 15) is 9.90 Å². The molecule has 0 saturated carbocycles. The molecule has 5 nitrogen and oxygen atoms in total. The summed E-state index contributed by atoms with van der Waals surface area (Å²) in [5, 5.41) is 9.29. The van der Waals surface area contributed by atoms with Crippen molar-refractivity contribution in [2.75, 3.05) is 24.8 Å². The monoisotopic (exact) mass is 286 g/mol. The zero-order valence-corrected chi connectivity index (χ0v) is 12.0. The molecule has 0 amide bonds. The molecule has 0 aliphatic carbocycles. The predicted molar refractivity (Wildman–Crippen MR) is 82.9 cm³/mol. The van der Waals surface area contributed by atoms with Gasteiger partial charge in [0.2, 0.25) is 0 Å². The number of nitrogens with zero attached hydrogens (tertiary/aromatic N) is 1. The molecular weight excluding hydrogens is 268 g/mol. The minimum Gasteiger partial charge on any atom is -0.497 e. The number of carbonyl (C=O) groups is 1. The van der Waals surface area contributed by atoms with Gasteiger partial charge in [0.15, 0.2) is 0 Å². The van der Waals surface area contributed by atoms with Crippen LogP contribution in [-0.4, -0.2) is 25.2 Å². The lowest BCUT2D eigenvalue weighted by molar-refractivity contribution is 0.0697. The normalized spacial score (nSPS) is 10.2. The van der Waals surface area contributed by atoms with Gasteiger partial charge in [0.1, 0.15) is 5.75 Å². The van der Waals surface area contributed by atoms with E-state index in [0.29, 0.717) is 12.1 Å². The van der Waals surface area contributed by atoms with E-state index in [1.54, 1.807) is 25.3 Å². The summed E-state index contributed by atoms with van der Waals surface area (Å²) in [6.45, 7) is 0.444. The number of methoxy groups -OCH3 is 1. The number of hydrogen-bond acceptors (Lipinski definition) is 4. The van der Waals surface area contributed by atoms with E-state index in [-0.39, 0.29) is 11.3 Å². The first-order chi connectivity index (χ1) is 10.0. The van der Waals surface area contributed by atoms with Crippen LogP contribution >= 0.6 is 0 Å². The van der Waals surface area contributed by atoms with E-state index in [1.807, 2.05) is 36.2 Å². The number of hydrogen-bond donors (Lipinski definition) is 2.